The molecule has 0 atom stereocenters. The zero-order valence-electron chi connectivity index (χ0n) is 14.7. The van der Waals surface area contributed by atoms with Gasteiger partial charge in [0.25, 0.3) is 0 Å². The van der Waals surface area contributed by atoms with Gasteiger partial charge in [-0.3, -0.25) is 0 Å². The Labute approximate surface area is 165 Å². The van der Waals surface area contributed by atoms with Gasteiger partial charge in [0.05, 0.1) is 5.02 Å². The van der Waals surface area contributed by atoms with Gasteiger partial charge in [0.1, 0.15) is 16.8 Å². The second-order valence-electron chi connectivity index (χ2n) is 6.48. The molecule has 0 amide bonds. The maximum absolute atomic E-state index is 13.3. The molecule has 6 nitrogen and oxygen atoms in total. The molecule has 0 radical (unpaired) electrons. The molecule has 142 valence electrons. The number of hydrogen-bond donors (Lipinski definition) is 2. The summed E-state index contributed by atoms with van der Waals surface area (Å²) in [5.74, 6) is 0.178. The summed E-state index contributed by atoms with van der Waals surface area (Å²) in [5.41, 5.74) is 1.29. The second-order valence-corrected chi connectivity index (χ2v) is 7.88. The summed E-state index contributed by atoms with van der Waals surface area (Å²) in [5, 5.41) is 7.44. The Morgan fingerprint density at radius 3 is 2.85 bits per heavy atom. The van der Waals surface area contributed by atoms with Crippen LogP contribution in [0.4, 0.5) is 21.0 Å². The van der Waals surface area contributed by atoms with Crippen molar-refractivity contribution in [3.8, 4) is 0 Å². The van der Waals surface area contributed by atoms with E-state index in [1.54, 1.807) is 6.07 Å². The van der Waals surface area contributed by atoms with Crippen LogP contribution in [0.25, 0.3) is 10.3 Å². The summed E-state index contributed by atoms with van der Waals surface area (Å²) < 4.78 is 14.2. The van der Waals surface area contributed by atoms with Crippen molar-refractivity contribution >= 4 is 49.9 Å². The first-order valence-corrected chi connectivity index (χ1v) is 10.2. The van der Waals surface area contributed by atoms with E-state index < -0.39 is 5.82 Å². The van der Waals surface area contributed by atoms with Crippen LogP contribution in [0.2, 0.25) is 5.02 Å². The van der Waals surface area contributed by atoms with Crippen LogP contribution in [0, 0.1) is 5.82 Å². The van der Waals surface area contributed by atoms with E-state index in [1.165, 1.54) is 62.1 Å². The highest BCUT2D eigenvalue weighted by Gasteiger charge is 2.13. The van der Waals surface area contributed by atoms with Crippen molar-refractivity contribution in [1.29, 1.82) is 0 Å². The molecule has 3 heterocycles. The van der Waals surface area contributed by atoms with Crippen LogP contribution < -0.4 is 10.6 Å². The first-order chi connectivity index (χ1) is 13.2. The number of piperidine rings is 1. The van der Waals surface area contributed by atoms with Crippen molar-refractivity contribution in [1.82, 2.24) is 19.9 Å². The highest BCUT2D eigenvalue weighted by Crippen LogP contribution is 2.31. The van der Waals surface area contributed by atoms with Crippen molar-refractivity contribution in [2.75, 3.05) is 36.8 Å². The minimum atomic E-state index is -0.451. The molecule has 1 aliphatic heterocycles. The van der Waals surface area contributed by atoms with Crippen molar-refractivity contribution in [3.05, 3.63) is 35.4 Å². The van der Waals surface area contributed by atoms with E-state index in [1.807, 2.05) is 0 Å². The van der Waals surface area contributed by atoms with Gasteiger partial charge in [-0.05, 0) is 44.1 Å². The van der Waals surface area contributed by atoms with Gasteiger partial charge in [0.15, 0.2) is 16.6 Å². The fourth-order valence-electron chi connectivity index (χ4n) is 3.13. The average Bonchev–Trinajstić information content (AvgIpc) is 3.10. The van der Waals surface area contributed by atoms with Crippen molar-refractivity contribution < 1.29 is 4.39 Å². The van der Waals surface area contributed by atoms with Crippen molar-refractivity contribution in [3.63, 3.8) is 0 Å². The fraction of sp³-hybridized carbons (Fsp3) is 0.389. The summed E-state index contributed by atoms with van der Waals surface area (Å²) in [7, 11) is 0. The lowest BCUT2D eigenvalue weighted by Crippen LogP contribution is -2.33. The van der Waals surface area contributed by atoms with Crippen LogP contribution in [0.5, 0.6) is 0 Å². The molecule has 0 spiro atoms. The van der Waals surface area contributed by atoms with Gasteiger partial charge >= 0.3 is 0 Å². The topological polar surface area (TPSA) is 66.0 Å². The largest absolute Gasteiger partial charge is 0.360 e. The van der Waals surface area contributed by atoms with E-state index in [4.69, 9.17) is 11.6 Å². The summed E-state index contributed by atoms with van der Waals surface area (Å²) in [6.07, 6.45) is 5.39. The third-order valence-electron chi connectivity index (χ3n) is 4.53. The summed E-state index contributed by atoms with van der Waals surface area (Å²) in [6, 6.07) is 4.47. The molecule has 4 rings (SSSR count). The lowest BCUT2D eigenvalue weighted by Gasteiger charge is -2.26. The van der Waals surface area contributed by atoms with Crippen LogP contribution in [-0.2, 0) is 0 Å². The molecule has 3 aromatic rings. The second kappa shape index (κ2) is 8.33. The van der Waals surface area contributed by atoms with Gasteiger partial charge in [0.2, 0.25) is 0 Å². The van der Waals surface area contributed by atoms with Gasteiger partial charge in [0, 0.05) is 18.8 Å². The normalized spacial score (nSPS) is 15.2. The van der Waals surface area contributed by atoms with Crippen LogP contribution in [0.3, 0.4) is 0 Å². The summed E-state index contributed by atoms with van der Waals surface area (Å²) in [6.45, 7) is 4.23. The Morgan fingerprint density at radius 1 is 1.19 bits per heavy atom. The van der Waals surface area contributed by atoms with Crippen LogP contribution in [-0.4, -0.2) is 46.0 Å². The number of thiazole rings is 1. The van der Waals surface area contributed by atoms with E-state index >= 15 is 0 Å². The number of likely N-dealkylation sites (tertiary alicyclic amines) is 1. The molecule has 0 aliphatic carbocycles. The van der Waals surface area contributed by atoms with Crippen LogP contribution in [0.1, 0.15) is 19.3 Å². The number of hydrogen-bond acceptors (Lipinski definition) is 7. The molecule has 27 heavy (non-hydrogen) atoms. The molecule has 0 saturated carbocycles. The molecule has 1 aliphatic rings. The van der Waals surface area contributed by atoms with Gasteiger partial charge in [-0.15, -0.1) is 0 Å². The summed E-state index contributed by atoms with van der Waals surface area (Å²) >= 11 is 7.35. The van der Waals surface area contributed by atoms with E-state index in [0.29, 0.717) is 17.2 Å². The number of nitrogens with one attached hydrogen (secondary N) is 2. The Hall–Kier alpha value is -2.03. The third kappa shape index (κ3) is 4.45. The van der Waals surface area contributed by atoms with E-state index in [9.17, 15) is 4.39 Å². The number of benzene rings is 1. The monoisotopic (exact) mass is 406 g/mol. The highest BCUT2D eigenvalue weighted by molar-refractivity contribution is 7.22. The average molecular weight is 407 g/mol. The number of rotatable bonds is 6. The molecule has 0 bridgehead atoms. The molecule has 1 aromatic carbocycles. The SMILES string of the molecule is Fc1ccc(Nc2ncnc3nc(NCCN4CCCCC4)sc23)cc1Cl. The lowest BCUT2D eigenvalue weighted by atomic mass is 10.1. The summed E-state index contributed by atoms with van der Waals surface area (Å²) in [4.78, 5) is 15.6. The quantitative estimate of drug-likeness (QED) is 0.627. The minimum absolute atomic E-state index is 0.0645. The van der Waals surface area contributed by atoms with Crippen LogP contribution in [0.15, 0.2) is 24.5 Å². The molecule has 9 heteroatoms. The number of anilines is 3. The third-order valence-corrected chi connectivity index (χ3v) is 5.83. The molecule has 1 fully saturated rings. The maximum atomic E-state index is 13.3. The van der Waals surface area contributed by atoms with E-state index in [2.05, 4.69) is 30.5 Å². The zero-order chi connectivity index (χ0) is 18.6. The Bertz CT molecular complexity index is 927. The number of nitrogens with zero attached hydrogens (tertiary/aromatic N) is 4. The predicted molar refractivity (Wildman–Crippen MR) is 109 cm³/mol. The first kappa shape index (κ1) is 18.3. The van der Waals surface area contributed by atoms with Gasteiger partial charge < -0.3 is 15.5 Å². The number of halogens is 2. The van der Waals surface area contributed by atoms with E-state index in [-0.39, 0.29) is 5.02 Å². The lowest BCUT2D eigenvalue weighted by molar-refractivity contribution is 0.237. The smallest absolute Gasteiger partial charge is 0.185 e. The highest BCUT2D eigenvalue weighted by atomic mass is 35.5. The Balaban J connectivity index is 1.45. The molecular formula is C18H20ClFN6S. The first-order valence-electron chi connectivity index (χ1n) is 8.99. The van der Waals surface area contributed by atoms with Gasteiger partial charge in [-0.1, -0.05) is 29.4 Å². The van der Waals surface area contributed by atoms with E-state index in [0.717, 1.165) is 22.9 Å². The maximum Gasteiger partial charge on any atom is 0.185 e. The molecular weight excluding hydrogens is 387 g/mol. The number of aromatic nitrogens is 3. The molecule has 0 unspecified atom stereocenters. The fourth-order valence-corrected chi connectivity index (χ4v) is 4.20. The molecule has 2 aromatic heterocycles. The Morgan fingerprint density at radius 2 is 2.04 bits per heavy atom. The van der Waals surface area contributed by atoms with Gasteiger partial charge in [-0.2, -0.15) is 4.98 Å². The van der Waals surface area contributed by atoms with Crippen molar-refractivity contribution in [2.24, 2.45) is 0 Å². The Kier molecular flexibility index (Phi) is 5.66. The van der Waals surface area contributed by atoms with Crippen LogP contribution >= 0.6 is 22.9 Å². The molecule has 2 N–H and O–H groups in total. The van der Waals surface area contributed by atoms with Crippen molar-refractivity contribution in [2.45, 2.75) is 19.3 Å². The molecule has 1 saturated heterocycles. The standard InChI is InChI=1S/C18H20ClFN6S/c19-13-10-12(4-5-14(13)20)24-16-15-17(23-11-22-16)25-18(27-15)21-6-9-26-7-2-1-3-8-26/h4-5,10-11H,1-3,6-9H2,(H2,21,22,23,24,25). The minimum Gasteiger partial charge on any atom is -0.360 e. The van der Waals surface area contributed by atoms with Gasteiger partial charge in [-0.25, -0.2) is 14.4 Å². The predicted octanol–water partition coefficient (Wildman–Crippen LogP) is 4.52. The number of fused-ring (bicyclic) bond motifs is 1. The zero-order valence-corrected chi connectivity index (χ0v) is 16.3.